The van der Waals surface area contributed by atoms with Crippen molar-refractivity contribution < 1.29 is 0 Å². The molecular weight excluding hydrogens is 280 g/mol. The van der Waals surface area contributed by atoms with Crippen LogP contribution >= 0.6 is 11.3 Å². The molecule has 3 aromatic rings. The van der Waals surface area contributed by atoms with Crippen molar-refractivity contribution in [2.45, 2.75) is 19.9 Å². The highest BCUT2D eigenvalue weighted by molar-refractivity contribution is 7.15. The second kappa shape index (κ2) is 6.01. The summed E-state index contributed by atoms with van der Waals surface area (Å²) in [7, 11) is 0. The Morgan fingerprint density at radius 2 is 1.95 bits per heavy atom. The summed E-state index contributed by atoms with van der Waals surface area (Å²) in [5.41, 5.74) is 3.36. The molecule has 0 spiro atoms. The Balaban J connectivity index is 1.98. The second-order valence-electron chi connectivity index (χ2n) is 4.87. The average molecular weight is 296 g/mol. The van der Waals surface area contributed by atoms with Gasteiger partial charge in [0, 0.05) is 6.20 Å². The van der Waals surface area contributed by atoms with Gasteiger partial charge in [0.2, 0.25) is 5.13 Å². The van der Waals surface area contributed by atoms with Crippen LogP contribution in [0.4, 0.5) is 5.13 Å². The first-order chi connectivity index (χ1) is 10.2. The molecule has 1 N–H and O–H groups in total. The second-order valence-corrected chi connectivity index (χ2v) is 6.05. The molecule has 4 nitrogen and oxygen atoms in total. The van der Waals surface area contributed by atoms with E-state index in [1.54, 1.807) is 11.3 Å². The van der Waals surface area contributed by atoms with Gasteiger partial charge in [-0.05, 0) is 31.5 Å². The summed E-state index contributed by atoms with van der Waals surface area (Å²) in [6.07, 6.45) is 1.81. The van der Waals surface area contributed by atoms with Crippen molar-refractivity contribution in [1.82, 2.24) is 15.2 Å². The SMILES string of the molecule is Cc1cccc(C(Nc2nnc(C)s2)c2ccccn2)c1. The Morgan fingerprint density at radius 1 is 1.05 bits per heavy atom. The van der Waals surface area contributed by atoms with Crippen LogP contribution in [0.5, 0.6) is 0 Å². The Morgan fingerprint density at radius 3 is 2.62 bits per heavy atom. The van der Waals surface area contributed by atoms with Crippen molar-refractivity contribution in [2.75, 3.05) is 5.32 Å². The van der Waals surface area contributed by atoms with Crippen LogP contribution in [0, 0.1) is 13.8 Å². The first-order valence-corrected chi connectivity index (χ1v) is 7.58. The molecule has 2 aromatic heterocycles. The lowest BCUT2D eigenvalue weighted by Gasteiger charge is -2.18. The number of rotatable bonds is 4. The molecule has 1 unspecified atom stereocenters. The fourth-order valence-electron chi connectivity index (χ4n) is 2.20. The van der Waals surface area contributed by atoms with Crippen LogP contribution in [0.15, 0.2) is 48.7 Å². The quantitative estimate of drug-likeness (QED) is 0.796. The molecular formula is C16H16N4S. The van der Waals surface area contributed by atoms with E-state index in [0.29, 0.717) is 0 Å². The number of hydrogen-bond donors (Lipinski definition) is 1. The van der Waals surface area contributed by atoms with Gasteiger partial charge in [-0.25, -0.2) is 0 Å². The van der Waals surface area contributed by atoms with Gasteiger partial charge in [-0.1, -0.05) is 47.2 Å². The molecule has 1 aromatic carbocycles. The highest BCUT2D eigenvalue weighted by Gasteiger charge is 2.17. The lowest BCUT2D eigenvalue weighted by molar-refractivity contribution is 0.874. The van der Waals surface area contributed by atoms with Crippen LogP contribution in [0.3, 0.4) is 0 Å². The summed E-state index contributed by atoms with van der Waals surface area (Å²) in [5.74, 6) is 0. The Kier molecular flexibility index (Phi) is 3.92. The van der Waals surface area contributed by atoms with Gasteiger partial charge in [0.15, 0.2) is 0 Å². The van der Waals surface area contributed by atoms with E-state index in [0.717, 1.165) is 15.8 Å². The molecule has 0 radical (unpaired) electrons. The van der Waals surface area contributed by atoms with Gasteiger partial charge >= 0.3 is 0 Å². The van der Waals surface area contributed by atoms with E-state index >= 15 is 0 Å². The van der Waals surface area contributed by atoms with E-state index in [-0.39, 0.29) is 6.04 Å². The number of benzene rings is 1. The minimum absolute atomic E-state index is 0.0292. The molecule has 0 aliphatic rings. The van der Waals surface area contributed by atoms with Crippen molar-refractivity contribution in [3.05, 3.63) is 70.5 Å². The van der Waals surface area contributed by atoms with Gasteiger partial charge in [0.1, 0.15) is 5.01 Å². The maximum absolute atomic E-state index is 4.48. The van der Waals surface area contributed by atoms with Gasteiger partial charge in [0.25, 0.3) is 0 Å². The zero-order chi connectivity index (χ0) is 14.7. The zero-order valence-electron chi connectivity index (χ0n) is 11.9. The van der Waals surface area contributed by atoms with Crippen LogP contribution in [-0.4, -0.2) is 15.2 Å². The molecule has 1 atom stereocenters. The topological polar surface area (TPSA) is 50.7 Å². The molecule has 0 saturated carbocycles. The summed E-state index contributed by atoms with van der Waals surface area (Å²) in [6.45, 7) is 4.04. The van der Waals surface area contributed by atoms with E-state index < -0.39 is 0 Å². The molecule has 0 aliphatic carbocycles. The van der Waals surface area contributed by atoms with Gasteiger partial charge in [-0.2, -0.15) is 0 Å². The standard InChI is InChI=1S/C16H16N4S/c1-11-6-5-7-13(10-11)15(14-8-3-4-9-17-14)18-16-20-19-12(2)21-16/h3-10,15H,1-2H3,(H,18,20). The number of nitrogens with zero attached hydrogens (tertiary/aromatic N) is 3. The van der Waals surface area contributed by atoms with Gasteiger partial charge in [-0.3, -0.25) is 4.98 Å². The van der Waals surface area contributed by atoms with Crippen LogP contribution in [-0.2, 0) is 0 Å². The third-order valence-electron chi connectivity index (χ3n) is 3.15. The number of anilines is 1. The third-order valence-corrected chi connectivity index (χ3v) is 3.92. The maximum atomic E-state index is 4.48. The molecule has 106 valence electrons. The first kappa shape index (κ1) is 13.7. The minimum Gasteiger partial charge on any atom is -0.348 e. The normalized spacial score (nSPS) is 12.1. The Bertz CT molecular complexity index is 724. The third kappa shape index (κ3) is 3.25. The van der Waals surface area contributed by atoms with E-state index in [1.165, 1.54) is 11.1 Å². The molecule has 21 heavy (non-hydrogen) atoms. The first-order valence-electron chi connectivity index (χ1n) is 6.76. The molecule has 2 heterocycles. The summed E-state index contributed by atoms with van der Waals surface area (Å²) >= 11 is 1.55. The molecule has 0 amide bonds. The Labute approximate surface area is 127 Å². The van der Waals surface area contributed by atoms with Crippen molar-refractivity contribution in [1.29, 1.82) is 0 Å². The summed E-state index contributed by atoms with van der Waals surface area (Å²) in [5, 5.41) is 13.4. The van der Waals surface area contributed by atoms with Gasteiger partial charge < -0.3 is 5.32 Å². The number of pyridine rings is 1. The lowest BCUT2D eigenvalue weighted by Crippen LogP contribution is -2.13. The largest absolute Gasteiger partial charge is 0.348 e. The molecule has 0 saturated heterocycles. The molecule has 3 rings (SSSR count). The van der Waals surface area contributed by atoms with E-state index in [9.17, 15) is 0 Å². The zero-order valence-corrected chi connectivity index (χ0v) is 12.8. The van der Waals surface area contributed by atoms with E-state index in [4.69, 9.17) is 0 Å². The fraction of sp³-hybridized carbons (Fsp3) is 0.188. The summed E-state index contributed by atoms with van der Waals surface area (Å²) in [6, 6.07) is 14.3. The lowest BCUT2D eigenvalue weighted by atomic mass is 10.0. The van der Waals surface area contributed by atoms with Gasteiger partial charge in [0.05, 0.1) is 11.7 Å². The van der Waals surface area contributed by atoms with Crippen molar-refractivity contribution in [2.24, 2.45) is 0 Å². The van der Waals surface area contributed by atoms with Crippen LogP contribution < -0.4 is 5.32 Å². The summed E-state index contributed by atoms with van der Waals surface area (Å²) in [4.78, 5) is 4.48. The highest BCUT2D eigenvalue weighted by atomic mass is 32.1. The van der Waals surface area contributed by atoms with E-state index in [1.807, 2.05) is 31.3 Å². The van der Waals surface area contributed by atoms with Gasteiger partial charge in [-0.15, -0.1) is 10.2 Å². The van der Waals surface area contributed by atoms with Crippen molar-refractivity contribution in [3.8, 4) is 0 Å². The minimum atomic E-state index is -0.0292. The monoisotopic (exact) mass is 296 g/mol. The van der Waals surface area contributed by atoms with Crippen molar-refractivity contribution >= 4 is 16.5 Å². The molecule has 0 aliphatic heterocycles. The van der Waals surface area contributed by atoms with Crippen LogP contribution in [0.2, 0.25) is 0 Å². The summed E-state index contributed by atoms with van der Waals surface area (Å²) < 4.78 is 0. The smallest absolute Gasteiger partial charge is 0.206 e. The van der Waals surface area contributed by atoms with E-state index in [2.05, 4.69) is 51.7 Å². The number of nitrogens with one attached hydrogen (secondary N) is 1. The predicted molar refractivity (Wildman–Crippen MR) is 85.5 cm³/mol. The molecule has 0 fully saturated rings. The van der Waals surface area contributed by atoms with Crippen LogP contribution in [0.1, 0.15) is 27.9 Å². The maximum Gasteiger partial charge on any atom is 0.206 e. The Hall–Kier alpha value is -2.27. The fourth-order valence-corrected chi connectivity index (χ4v) is 2.82. The molecule has 5 heteroatoms. The average Bonchev–Trinajstić information content (AvgIpc) is 2.91. The highest BCUT2D eigenvalue weighted by Crippen LogP contribution is 2.27. The molecule has 0 bridgehead atoms. The number of aromatic nitrogens is 3. The van der Waals surface area contributed by atoms with Crippen LogP contribution in [0.25, 0.3) is 0 Å². The van der Waals surface area contributed by atoms with Crippen molar-refractivity contribution in [3.63, 3.8) is 0 Å². The number of hydrogen-bond acceptors (Lipinski definition) is 5. The predicted octanol–water partition coefficient (Wildman–Crippen LogP) is 3.75. The number of aryl methyl sites for hydroxylation is 2.